The van der Waals surface area contributed by atoms with Gasteiger partial charge >= 0.3 is 7.67 Å². The van der Waals surface area contributed by atoms with Crippen LogP contribution in [0.2, 0.25) is 5.04 Å². The molecule has 0 aliphatic rings. The van der Waals surface area contributed by atoms with Gasteiger partial charge in [0.15, 0.2) is 0 Å². The van der Waals surface area contributed by atoms with Crippen molar-refractivity contribution in [3.63, 3.8) is 0 Å². The Morgan fingerprint density at radius 2 is 1.44 bits per heavy atom. The molecule has 0 saturated carbocycles. The van der Waals surface area contributed by atoms with E-state index in [0.29, 0.717) is 34.9 Å². The topological polar surface area (TPSA) is 103 Å². The molecule has 0 heterocycles. The third-order valence-corrected chi connectivity index (χ3v) is 14.4. The van der Waals surface area contributed by atoms with E-state index in [0.717, 1.165) is 10.4 Å². The first kappa shape index (κ1) is 33.8. The summed E-state index contributed by atoms with van der Waals surface area (Å²) in [5, 5.41) is 21.1. The molecule has 222 valence electrons. The summed E-state index contributed by atoms with van der Waals surface area (Å²) in [4.78, 5) is 11.7. The molecule has 0 aliphatic carbocycles. The van der Waals surface area contributed by atoms with Crippen LogP contribution in [-0.4, -0.2) is 37.0 Å². The molecule has 2 N–H and O–H groups in total. The quantitative estimate of drug-likeness (QED) is 0.0583. The maximum atomic E-state index is 13.4. The lowest BCUT2D eigenvalue weighted by Crippen LogP contribution is -2.66. The summed E-state index contributed by atoms with van der Waals surface area (Å²) in [6.07, 6.45) is -0.612. The van der Waals surface area contributed by atoms with Gasteiger partial charge in [-0.2, -0.15) is 0 Å². The van der Waals surface area contributed by atoms with Crippen molar-refractivity contribution in [2.75, 3.05) is 23.7 Å². The fourth-order valence-corrected chi connectivity index (χ4v) is 12.1. The monoisotopic (exact) mass is 725 g/mol. The van der Waals surface area contributed by atoms with E-state index < -0.39 is 22.1 Å². The number of alkyl halides is 2. The average molecular weight is 728 g/mol. The van der Waals surface area contributed by atoms with E-state index in [-0.39, 0.29) is 22.3 Å². The number of nitro benzene ring substituents is 1. The van der Waals surface area contributed by atoms with Crippen LogP contribution < -0.4 is 20.5 Å². The summed E-state index contributed by atoms with van der Waals surface area (Å²) in [7, 11) is -6.31. The van der Waals surface area contributed by atoms with Gasteiger partial charge in [0.25, 0.3) is 14.0 Å². The Morgan fingerprint density at radius 3 is 1.88 bits per heavy atom. The van der Waals surface area contributed by atoms with Gasteiger partial charge in [-0.3, -0.25) is 19.2 Å². The number of nitrogens with one attached hydrogen (secondary N) is 2. The highest BCUT2D eigenvalue weighted by atomic mass is 79.9. The normalized spacial score (nSPS) is 13.2. The van der Waals surface area contributed by atoms with Crippen molar-refractivity contribution in [1.82, 2.24) is 10.2 Å². The minimum Gasteiger partial charge on any atom is -0.403 e. The molecule has 0 amide bonds. The number of halogens is 2. The first-order valence-corrected chi connectivity index (χ1v) is 19.2. The molecule has 0 fully saturated rings. The van der Waals surface area contributed by atoms with E-state index in [2.05, 4.69) is 87.1 Å². The number of hydrogen-bond acceptors (Lipinski definition) is 5. The molecule has 0 aromatic heterocycles. The highest BCUT2D eigenvalue weighted by molar-refractivity contribution is 9.09. The van der Waals surface area contributed by atoms with Crippen LogP contribution in [0.25, 0.3) is 0 Å². The number of nitro groups is 1. The van der Waals surface area contributed by atoms with Gasteiger partial charge in [-0.15, -0.1) is 0 Å². The highest BCUT2D eigenvalue weighted by Crippen LogP contribution is 2.44. The largest absolute Gasteiger partial charge is 0.403 e. The molecule has 41 heavy (non-hydrogen) atoms. The van der Waals surface area contributed by atoms with E-state index in [1.165, 1.54) is 6.07 Å². The van der Waals surface area contributed by atoms with Gasteiger partial charge in [-0.05, 0) is 40.0 Å². The van der Waals surface area contributed by atoms with Crippen LogP contribution in [0, 0.1) is 10.1 Å². The van der Waals surface area contributed by atoms with Gasteiger partial charge in [0.2, 0.25) is 0 Å². The van der Waals surface area contributed by atoms with Crippen molar-refractivity contribution in [1.29, 1.82) is 0 Å². The summed E-state index contributed by atoms with van der Waals surface area (Å²) in [6.45, 7) is 9.19. The third-order valence-electron chi connectivity index (χ3n) is 6.77. The van der Waals surface area contributed by atoms with Crippen LogP contribution in [0.1, 0.15) is 44.9 Å². The van der Waals surface area contributed by atoms with Gasteiger partial charge in [0.05, 0.1) is 23.2 Å². The third kappa shape index (κ3) is 8.45. The molecule has 0 aliphatic heterocycles. The fraction of sp³-hybridized carbons (Fsp3) is 0.379. The summed E-state index contributed by atoms with van der Waals surface area (Å²) in [6, 6.07) is 25.2. The average Bonchev–Trinajstić information content (AvgIpc) is 2.95. The molecular formula is C29H38Br2N3O5PSi. The minimum atomic E-state index is -3.38. The molecule has 0 saturated heterocycles. The molecular weight excluding hydrogens is 689 g/mol. The molecule has 1 atom stereocenters. The fourth-order valence-electron chi connectivity index (χ4n) is 4.89. The second kappa shape index (κ2) is 15.2. The van der Waals surface area contributed by atoms with Crippen LogP contribution in [0.15, 0.2) is 78.9 Å². The van der Waals surface area contributed by atoms with Gasteiger partial charge in [0.1, 0.15) is 0 Å². The van der Waals surface area contributed by atoms with E-state index in [1.807, 2.05) is 36.4 Å². The van der Waals surface area contributed by atoms with Crippen molar-refractivity contribution >= 4 is 63.9 Å². The van der Waals surface area contributed by atoms with E-state index >= 15 is 0 Å². The lowest BCUT2D eigenvalue weighted by atomic mass is 10.1. The van der Waals surface area contributed by atoms with Gasteiger partial charge in [-0.25, -0.2) is 10.2 Å². The molecule has 0 bridgehead atoms. The smallest absolute Gasteiger partial charge is 0.341 e. The lowest BCUT2D eigenvalue weighted by Gasteiger charge is -2.43. The molecule has 3 rings (SSSR count). The summed E-state index contributed by atoms with van der Waals surface area (Å²) in [5.74, 6) is 0. The molecule has 0 unspecified atom stereocenters. The number of hydrogen-bond donors (Lipinski definition) is 2. The van der Waals surface area contributed by atoms with Crippen molar-refractivity contribution < 1.29 is 18.4 Å². The standard InChI is InChI=1S/C29H38Br2N3O5PSi/c1-23(39-40(37,32-19-17-30)33-20-18-31)24-15-16-28(34(35)36)25(21-24)22-38-41(29(2,3)4,26-11-7-5-8-12-26)27-13-9-6-10-14-27/h5-16,21,23H,17-20,22H2,1-4H3,(H2,32,33,37)/t23-/m0/s1. The summed E-state index contributed by atoms with van der Waals surface area (Å²) < 4.78 is 26.4. The predicted molar refractivity (Wildman–Crippen MR) is 176 cm³/mol. The maximum absolute atomic E-state index is 13.4. The van der Waals surface area contributed by atoms with Crippen LogP contribution in [0.5, 0.6) is 0 Å². The van der Waals surface area contributed by atoms with Crippen LogP contribution in [-0.2, 0) is 20.1 Å². The van der Waals surface area contributed by atoms with E-state index in [1.54, 1.807) is 19.1 Å². The van der Waals surface area contributed by atoms with Crippen molar-refractivity contribution in [2.45, 2.75) is 45.4 Å². The molecule has 8 nitrogen and oxygen atoms in total. The number of rotatable bonds is 15. The Hall–Kier alpha value is -1.69. The Kier molecular flexibility index (Phi) is 12.5. The van der Waals surface area contributed by atoms with E-state index in [4.69, 9.17) is 8.95 Å². The zero-order valence-corrected chi connectivity index (χ0v) is 28.9. The van der Waals surface area contributed by atoms with E-state index in [9.17, 15) is 14.7 Å². The zero-order valence-electron chi connectivity index (χ0n) is 23.8. The van der Waals surface area contributed by atoms with Gasteiger partial charge in [0, 0.05) is 29.8 Å². The lowest BCUT2D eigenvalue weighted by molar-refractivity contribution is -0.385. The first-order chi connectivity index (χ1) is 19.5. The SMILES string of the molecule is C[C@H](OP(=O)(NCCBr)NCCBr)c1ccc([N+](=O)[O-])c(CO[Si](c2ccccc2)(c2ccccc2)C(C)(C)C)c1. The minimum absolute atomic E-state index is 0.0307. The Bertz CT molecular complexity index is 1280. The Labute approximate surface area is 260 Å². The molecule has 3 aromatic carbocycles. The maximum Gasteiger partial charge on any atom is 0.341 e. The van der Waals surface area contributed by atoms with Crippen LogP contribution in [0.4, 0.5) is 5.69 Å². The predicted octanol–water partition coefficient (Wildman–Crippen LogP) is 6.83. The summed E-state index contributed by atoms with van der Waals surface area (Å²) >= 11 is 6.68. The Morgan fingerprint density at radius 1 is 0.927 bits per heavy atom. The van der Waals surface area contributed by atoms with Crippen molar-refractivity contribution in [3.8, 4) is 0 Å². The summed E-state index contributed by atoms with van der Waals surface area (Å²) in [5.41, 5.74) is 1.07. The van der Waals surface area contributed by atoms with Gasteiger partial charge in [-0.1, -0.05) is 113 Å². The van der Waals surface area contributed by atoms with Crippen molar-refractivity contribution in [3.05, 3.63) is 100 Å². The second-order valence-corrected chi connectivity index (χ2v) is 18.4. The number of benzene rings is 3. The van der Waals surface area contributed by atoms with Crippen LogP contribution >= 0.6 is 39.5 Å². The number of nitrogens with zero attached hydrogens (tertiary/aromatic N) is 1. The molecule has 12 heteroatoms. The molecule has 0 radical (unpaired) electrons. The molecule has 3 aromatic rings. The Balaban J connectivity index is 2.03. The highest BCUT2D eigenvalue weighted by Gasteiger charge is 2.50. The molecule has 0 spiro atoms. The first-order valence-electron chi connectivity index (χ1n) is 13.4. The van der Waals surface area contributed by atoms with Crippen molar-refractivity contribution in [2.24, 2.45) is 0 Å². The zero-order chi connectivity index (χ0) is 30.1. The second-order valence-electron chi connectivity index (χ2n) is 10.6. The van der Waals surface area contributed by atoms with Gasteiger partial charge < -0.3 is 4.43 Å². The van der Waals surface area contributed by atoms with Crippen LogP contribution in [0.3, 0.4) is 0 Å².